The van der Waals surface area contributed by atoms with E-state index in [1.807, 2.05) is 24.3 Å². The zero-order valence-corrected chi connectivity index (χ0v) is 8.82. The first-order valence-electron chi connectivity index (χ1n) is 5.08. The Labute approximate surface area is 89.6 Å². The Morgan fingerprint density at radius 3 is 2.47 bits per heavy atom. The molecule has 1 aromatic rings. The molecule has 0 aromatic heterocycles. The van der Waals surface area contributed by atoms with E-state index in [4.69, 9.17) is 4.74 Å². The van der Waals surface area contributed by atoms with Crippen LogP contribution in [0.25, 0.3) is 0 Å². The second-order valence-electron chi connectivity index (χ2n) is 3.81. The van der Waals surface area contributed by atoms with E-state index < -0.39 is 0 Å². The third kappa shape index (κ3) is 1.80. The monoisotopic (exact) mass is 202 g/mol. The molecule has 0 saturated heterocycles. The molecule has 0 N–H and O–H groups in total. The molecule has 0 heterocycles. The first-order valence-corrected chi connectivity index (χ1v) is 5.08. The molecule has 2 nitrogen and oxygen atoms in total. The van der Waals surface area contributed by atoms with Gasteiger partial charge in [0.15, 0.2) is 5.78 Å². The van der Waals surface area contributed by atoms with Gasteiger partial charge in [0.1, 0.15) is 5.75 Å². The van der Waals surface area contributed by atoms with Crippen molar-refractivity contribution in [3.8, 4) is 5.75 Å². The Bertz CT molecular complexity index is 390. The van der Waals surface area contributed by atoms with Gasteiger partial charge >= 0.3 is 0 Å². The highest BCUT2D eigenvalue weighted by molar-refractivity contribution is 5.98. The number of rotatable bonds is 2. The van der Waals surface area contributed by atoms with Gasteiger partial charge in [0.2, 0.25) is 0 Å². The lowest BCUT2D eigenvalue weighted by atomic mass is 9.94. The molecule has 2 rings (SSSR count). The summed E-state index contributed by atoms with van der Waals surface area (Å²) in [5.41, 5.74) is 1.91. The van der Waals surface area contributed by atoms with Crippen LogP contribution >= 0.6 is 0 Å². The van der Waals surface area contributed by atoms with Crippen LogP contribution in [0.3, 0.4) is 0 Å². The summed E-state index contributed by atoms with van der Waals surface area (Å²) < 4.78 is 5.09. The predicted octanol–water partition coefficient (Wildman–Crippen LogP) is 2.70. The highest BCUT2D eigenvalue weighted by Crippen LogP contribution is 2.36. The van der Waals surface area contributed by atoms with E-state index in [9.17, 15) is 4.79 Å². The maximum absolute atomic E-state index is 11.4. The number of ketones is 1. The van der Waals surface area contributed by atoms with Crippen LogP contribution in [0.4, 0.5) is 0 Å². The lowest BCUT2D eigenvalue weighted by Crippen LogP contribution is -1.98. The zero-order valence-electron chi connectivity index (χ0n) is 8.82. The van der Waals surface area contributed by atoms with E-state index in [0.29, 0.717) is 6.42 Å². The van der Waals surface area contributed by atoms with Gasteiger partial charge in [0, 0.05) is 12.3 Å². The van der Waals surface area contributed by atoms with Gasteiger partial charge in [-0.15, -0.1) is 0 Å². The van der Waals surface area contributed by atoms with E-state index in [1.165, 1.54) is 0 Å². The summed E-state index contributed by atoms with van der Waals surface area (Å²) in [6, 6.07) is 7.86. The van der Waals surface area contributed by atoms with E-state index in [2.05, 4.69) is 6.58 Å². The molecule has 0 amide bonds. The van der Waals surface area contributed by atoms with Crippen LogP contribution in [0.15, 0.2) is 36.4 Å². The van der Waals surface area contributed by atoms with Gasteiger partial charge in [-0.05, 0) is 29.7 Å². The lowest BCUT2D eigenvalue weighted by molar-refractivity contribution is -0.114. The van der Waals surface area contributed by atoms with Crippen LogP contribution in [-0.4, -0.2) is 12.9 Å². The number of Topliss-reactive ketones (excluding diaryl/α,β-unsaturated/α-hetero) is 1. The van der Waals surface area contributed by atoms with Crippen LogP contribution in [0.2, 0.25) is 0 Å². The third-order valence-corrected chi connectivity index (χ3v) is 2.96. The largest absolute Gasteiger partial charge is 0.497 e. The SMILES string of the molecule is C=C1C(=O)CCC1c1ccc(OC)cc1. The smallest absolute Gasteiger partial charge is 0.158 e. The molecule has 0 radical (unpaired) electrons. The molecule has 1 saturated carbocycles. The van der Waals surface area contributed by atoms with Gasteiger partial charge in [-0.1, -0.05) is 18.7 Å². The maximum Gasteiger partial charge on any atom is 0.158 e. The molecule has 0 spiro atoms. The number of allylic oxidation sites excluding steroid dienone is 1. The molecule has 0 bridgehead atoms. The van der Waals surface area contributed by atoms with Crippen molar-refractivity contribution < 1.29 is 9.53 Å². The molecule has 1 fully saturated rings. The number of methoxy groups -OCH3 is 1. The molecule has 78 valence electrons. The van der Waals surface area contributed by atoms with E-state index >= 15 is 0 Å². The van der Waals surface area contributed by atoms with Crippen molar-refractivity contribution in [1.29, 1.82) is 0 Å². The van der Waals surface area contributed by atoms with Crippen LogP contribution in [0.5, 0.6) is 5.75 Å². The van der Waals surface area contributed by atoms with Crippen molar-refractivity contribution in [1.82, 2.24) is 0 Å². The Balaban J connectivity index is 2.23. The third-order valence-electron chi connectivity index (χ3n) is 2.96. The zero-order chi connectivity index (χ0) is 10.8. The molecule has 1 aliphatic rings. The fourth-order valence-corrected chi connectivity index (χ4v) is 2.01. The van der Waals surface area contributed by atoms with Crippen LogP contribution in [-0.2, 0) is 4.79 Å². The summed E-state index contributed by atoms with van der Waals surface area (Å²) in [5, 5.41) is 0. The Morgan fingerprint density at radius 1 is 1.33 bits per heavy atom. The van der Waals surface area contributed by atoms with E-state index in [1.54, 1.807) is 7.11 Å². The van der Waals surface area contributed by atoms with Gasteiger partial charge in [0.05, 0.1) is 7.11 Å². The number of hydrogen-bond donors (Lipinski definition) is 0. The predicted molar refractivity (Wildman–Crippen MR) is 59.1 cm³/mol. The topological polar surface area (TPSA) is 26.3 Å². The van der Waals surface area contributed by atoms with Crippen molar-refractivity contribution in [3.05, 3.63) is 42.0 Å². The second-order valence-corrected chi connectivity index (χ2v) is 3.81. The summed E-state index contributed by atoms with van der Waals surface area (Å²) in [7, 11) is 1.65. The van der Waals surface area contributed by atoms with Crippen molar-refractivity contribution in [2.45, 2.75) is 18.8 Å². The first-order chi connectivity index (χ1) is 7.22. The molecule has 1 unspecified atom stereocenters. The Morgan fingerprint density at radius 2 is 2.00 bits per heavy atom. The molecule has 1 aliphatic carbocycles. The summed E-state index contributed by atoms with van der Waals surface area (Å²) in [5.74, 6) is 1.26. The molecular formula is C13H14O2. The van der Waals surface area contributed by atoms with Crippen molar-refractivity contribution in [2.75, 3.05) is 7.11 Å². The number of carbonyl (C=O) groups excluding carboxylic acids is 1. The molecule has 0 aliphatic heterocycles. The summed E-state index contributed by atoms with van der Waals surface area (Å²) in [4.78, 5) is 11.4. The fraction of sp³-hybridized carbons (Fsp3) is 0.308. The van der Waals surface area contributed by atoms with Gasteiger partial charge in [-0.3, -0.25) is 4.79 Å². The fourth-order valence-electron chi connectivity index (χ4n) is 2.01. The molecule has 1 atom stereocenters. The van der Waals surface area contributed by atoms with Crippen LogP contribution in [0, 0.1) is 0 Å². The average molecular weight is 202 g/mol. The highest BCUT2D eigenvalue weighted by atomic mass is 16.5. The highest BCUT2D eigenvalue weighted by Gasteiger charge is 2.27. The van der Waals surface area contributed by atoms with Gasteiger partial charge in [-0.25, -0.2) is 0 Å². The van der Waals surface area contributed by atoms with E-state index in [-0.39, 0.29) is 11.7 Å². The van der Waals surface area contributed by atoms with Crippen molar-refractivity contribution in [3.63, 3.8) is 0 Å². The minimum absolute atomic E-state index is 0.204. The molecule has 1 aromatic carbocycles. The second kappa shape index (κ2) is 3.89. The van der Waals surface area contributed by atoms with Gasteiger partial charge in [0.25, 0.3) is 0 Å². The number of carbonyl (C=O) groups is 1. The number of benzene rings is 1. The van der Waals surface area contributed by atoms with Crippen molar-refractivity contribution >= 4 is 5.78 Å². The molecule has 15 heavy (non-hydrogen) atoms. The van der Waals surface area contributed by atoms with Gasteiger partial charge in [-0.2, -0.15) is 0 Å². The number of hydrogen-bond acceptors (Lipinski definition) is 2. The minimum atomic E-state index is 0.204. The minimum Gasteiger partial charge on any atom is -0.497 e. The molecule has 2 heteroatoms. The average Bonchev–Trinajstić information content (AvgIpc) is 2.60. The quantitative estimate of drug-likeness (QED) is 0.689. The standard InChI is InChI=1S/C13H14O2/c1-9-12(7-8-13(9)14)10-3-5-11(15-2)6-4-10/h3-6,12H,1,7-8H2,2H3. The summed E-state index contributed by atoms with van der Waals surface area (Å²) in [6.07, 6.45) is 1.53. The Hall–Kier alpha value is -1.57. The van der Waals surface area contributed by atoms with Gasteiger partial charge < -0.3 is 4.74 Å². The molecular weight excluding hydrogens is 188 g/mol. The van der Waals surface area contributed by atoms with Crippen LogP contribution in [0.1, 0.15) is 24.3 Å². The summed E-state index contributed by atoms with van der Waals surface area (Å²) in [6.45, 7) is 3.85. The van der Waals surface area contributed by atoms with Crippen LogP contribution < -0.4 is 4.74 Å². The first kappa shape index (κ1) is 9.97. The maximum atomic E-state index is 11.4. The van der Waals surface area contributed by atoms with E-state index in [0.717, 1.165) is 23.3 Å². The normalized spacial score (nSPS) is 20.7. The van der Waals surface area contributed by atoms with Crippen molar-refractivity contribution in [2.24, 2.45) is 0 Å². The lowest BCUT2D eigenvalue weighted by Gasteiger charge is -2.10. The Kier molecular flexibility index (Phi) is 2.58. The number of ether oxygens (including phenoxy) is 1. The summed E-state index contributed by atoms with van der Waals surface area (Å²) >= 11 is 0.